The molecule has 1 aromatic rings. The van der Waals surface area contributed by atoms with E-state index in [1.165, 1.54) is 11.3 Å². The first-order valence-electron chi connectivity index (χ1n) is 6.17. The first-order chi connectivity index (χ1) is 8.13. The minimum Gasteiger partial charge on any atom is -0.366 e. The molecule has 3 nitrogen and oxygen atoms in total. The molecule has 0 aliphatic carbocycles. The molecule has 1 aliphatic heterocycles. The van der Waals surface area contributed by atoms with Gasteiger partial charge in [-0.25, -0.2) is 0 Å². The SMILES string of the molecule is Cc1cc(N2CCNCC2C)c(C)cc1C=O. The molecule has 2 rings (SSSR count). The van der Waals surface area contributed by atoms with Crippen LogP contribution in [0.5, 0.6) is 0 Å². The minimum absolute atomic E-state index is 0.504. The maximum atomic E-state index is 10.9. The van der Waals surface area contributed by atoms with E-state index in [0.717, 1.165) is 37.0 Å². The van der Waals surface area contributed by atoms with E-state index < -0.39 is 0 Å². The molecular formula is C14H20N2O. The van der Waals surface area contributed by atoms with Gasteiger partial charge in [-0.15, -0.1) is 0 Å². The van der Waals surface area contributed by atoms with Gasteiger partial charge in [-0.2, -0.15) is 0 Å². The van der Waals surface area contributed by atoms with Gasteiger partial charge >= 0.3 is 0 Å². The molecule has 17 heavy (non-hydrogen) atoms. The fourth-order valence-electron chi connectivity index (χ4n) is 2.46. The minimum atomic E-state index is 0.504. The van der Waals surface area contributed by atoms with Gasteiger partial charge in [-0.05, 0) is 44.0 Å². The van der Waals surface area contributed by atoms with Crippen molar-refractivity contribution in [2.75, 3.05) is 24.5 Å². The number of aryl methyl sites for hydroxylation is 2. The summed E-state index contributed by atoms with van der Waals surface area (Å²) in [6, 6.07) is 4.64. The van der Waals surface area contributed by atoms with Gasteiger partial charge in [0.05, 0.1) is 0 Å². The first kappa shape index (κ1) is 12.1. The van der Waals surface area contributed by atoms with Gasteiger partial charge < -0.3 is 10.2 Å². The Balaban J connectivity index is 2.37. The van der Waals surface area contributed by atoms with Gasteiger partial charge in [0, 0.05) is 36.9 Å². The van der Waals surface area contributed by atoms with Gasteiger partial charge in [0.15, 0.2) is 0 Å². The van der Waals surface area contributed by atoms with Crippen molar-refractivity contribution >= 4 is 12.0 Å². The van der Waals surface area contributed by atoms with Crippen molar-refractivity contribution in [3.05, 3.63) is 28.8 Å². The number of nitrogens with one attached hydrogen (secondary N) is 1. The summed E-state index contributed by atoms with van der Waals surface area (Å²) in [6.07, 6.45) is 0.938. The molecule has 1 heterocycles. The number of rotatable bonds is 2. The summed E-state index contributed by atoms with van der Waals surface area (Å²) in [7, 11) is 0. The number of hydrogen-bond acceptors (Lipinski definition) is 3. The second-order valence-corrected chi connectivity index (χ2v) is 4.86. The smallest absolute Gasteiger partial charge is 0.150 e. The van der Waals surface area contributed by atoms with E-state index >= 15 is 0 Å². The zero-order valence-corrected chi connectivity index (χ0v) is 10.8. The summed E-state index contributed by atoms with van der Waals surface area (Å²) in [4.78, 5) is 13.3. The summed E-state index contributed by atoms with van der Waals surface area (Å²) in [5.41, 5.74) is 4.31. The Kier molecular flexibility index (Phi) is 3.48. The lowest BCUT2D eigenvalue weighted by molar-refractivity contribution is 0.112. The fourth-order valence-corrected chi connectivity index (χ4v) is 2.46. The molecule has 0 saturated carbocycles. The average Bonchev–Trinajstić information content (AvgIpc) is 2.32. The molecule has 1 N–H and O–H groups in total. The van der Waals surface area contributed by atoms with Gasteiger partial charge in [-0.3, -0.25) is 4.79 Å². The summed E-state index contributed by atoms with van der Waals surface area (Å²) >= 11 is 0. The molecular weight excluding hydrogens is 212 g/mol. The van der Waals surface area contributed by atoms with E-state index in [2.05, 4.69) is 30.1 Å². The van der Waals surface area contributed by atoms with Crippen LogP contribution in [0.25, 0.3) is 0 Å². The van der Waals surface area contributed by atoms with Crippen molar-refractivity contribution < 1.29 is 4.79 Å². The molecule has 92 valence electrons. The zero-order valence-electron chi connectivity index (χ0n) is 10.8. The highest BCUT2D eigenvalue weighted by atomic mass is 16.1. The topological polar surface area (TPSA) is 32.3 Å². The number of benzene rings is 1. The second kappa shape index (κ2) is 4.88. The maximum absolute atomic E-state index is 10.9. The normalized spacial score (nSPS) is 20.4. The first-order valence-corrected chi connectivity index (χ1v) is 6.17. The Morgan fingerprint density at radius 3 is 2.76 bits per heavy atom. The molecule has 1 unspecified atom stereocenters. The maximum Gasteiger partial charge on any atom is 0.150 e. The van der Waals surface area contributed by atoms with Crippen LogP contribution in [0.2, 0.25) is 0 Å². The lowest BCUT2D eigenvalue weighted by Crippen LogP contribution is -2.50. The van der Waals surface area contributed by atoms with Crippen molar-refractivity contribution in [3.63, 3.8) is 0 Å². The molecule has 0 radical (unpaired) electrons. The van der Waals surface area contributed by atoms with Crippen LogP contribution in [0, 0.1) is 13.8 Å². The molecule has 1 atom stereocenters. The summed E-state index contributed by atoms with van der Waals surface area (Å²) < 4.78 is 0. The molecule has 0 bridgehead atoms. The van der Waals surface area contributed by atoms with Crippen molar-refractivity contribution in [1.82, 2.24) is 5.32 Å². The number of piperazine rings is 1. The predicted molar refractivity (Wildman–Crippen MR) is 71.0 cm³/mol. The highest BCUT2D eigenvalue weighted by Crippen LogP contribution is 2.26. The Bertz CT molecular complexity index is 428. The number of nitrogens with zero attached hydrogens (tertiary/aromatic N) is 1. The Morgan fingerprint density at radius 2 is 2.12 bits per heavy atom. The van der Waals surface area contributed by atoms with E-state index in [1.54, 1.807) is 0 Å². The van der Waals surface area contributed by atoms with Crippen LogP contribution in [0.4, 0.5) is 5.69 Å². The van der Waals surface area contributed by atoms with Gasteiger partial charge in [0.1, 0.15) is 6.29 Å². The largest absolute Gasteiger partial charge is 0.366 e. The van der Waals surface area contributed by atoms with Crippen LogP contribution in [0.1, 0.15) is 28.4 Å². The standard InChI is InChI=1S/C14H20N2O/c1-10-7-14(11(2)6-13(10)9-17)16-5-4-15-8-12(16)3/h6-7,9,12,15H,4-5,8H2,1-3H3. The van der Waals surface area contributed by atoms with Crippen LogP contribution >= 0.6 is 0 Å². The van der Waals surface area contributed by atoms with E-state index in [4.69, 9.17) is 0 Å². The van der Waals surface area contributed by atoms with Crippen molar-refractivity contribution in [2.45, 2.75) is 26.8 Å². The van der Waals surface area contributed by atoms with Crippen LogP contribution in [-0.2, 0) is 0 Å². The van der Waals surface area contributed by atoms with Gasteiger partial charge in [0.25, 0.3) is 0 Å². The van der Waals surface area contributed by atoms with E-state index in [0.29, 0.717) is 6.04 Å². The summed E-state index contributed by atoms with van der Waals surface area (Å²) in [5, 5.41) is 3.39. The predicted octanol–water partition coefficient (Wildman–Crippen LogP) is 1.91. The molecule has 1 aromatic carbocycles. The van der Waals surface area contributed by atoms with Gasteiger partial charge in [-0.1, -0.05) is 0 Å². The van der Waals surface area contributed by atoms with Crippen molar-refractivity contribution in [1.29, 1.82) is 0 Å². The molecule has 0 spiro atoms. The average molecular weight is 232 g/mol. The number of anilines is 1. The second-order valence-electron chi connectivity index (χ2n) is 4.86. The summed E-state index contributed by atoms with van der Waals surface area (Å²) in [6.45, 7) is 9.39. The Morgan fingerprint density at radius 1 is 1.35 bits per heavy atom. The number of carbonyl (C=O) groups is 1. The van der Waals surface area contributed by atoms with Crippen molar-refractivity contribution in [3.8, 4) is 0 Å². The number of hydrogen-bond donors (Lipinski definition) is 1. The van der Waals surface area contributed by atoms with Crippen LogP contribution < -0.4 is 10.2 Å². The number of carbonyl (C=O) groups excluding carboxylic acids is 1. The Hall–Kier alpha value is -1.35. The quantitative estimate of drug-likeness (QED) is 0.791. The fraction of sp³-hybridized carbons (Fsp3) is 0.500. The monoisotopic (exact) mass is 232 g/mol. The van der Waals surface area contributed by atoms with E-state index in [-0.39, 0.29) is 0 Å². The van der Waals surface area contributed by atoms with Crippen molar-refractivity contribution in [2.24, 2.45) is 0 Å². The molecule has 1 fully saturated rings. The molecule has 1 saturated heterocycles. The molecule has 1 aliphatic rings. The summed E-state index contributed by atoms with van der Waals surface area (Å²) in [5.74, 6) is 0. The third kappa shape index (κ3) is 2.34. The zero-order chi connectivity index (χ0) is 12.4. The van der Waals surface area contributed by atoms with Crippen LogP contribution in [0.15, 0.2) is 12.1 Å². The van der Waals surface area contributed by atoms with E-state index in [9.17, 15) is 4.79 Å². The van der Waals surface area contributed by atoms with Gasteiger partial charge in [0.2, 0.25) is 0 Å². The lowest BCUT2D eigenvalue weighted by Gasteiger charge is -2.37. The molecule has 0 amide bonds. The number of aldehydes is 1. The third-order valence-corrected chi connectivity index (χ3v) is 3.52. The third-order valence-electron chi connectivity index (χ3n) is 3.52. The Labute approximate surface area is 103 Å². The lowest BCUT2D eigenvalue weighted by atomic mass is 10.0. The highest BCUT2D eigenvalue weighted by Gasteiger charge is 2.20. The highest BCUT2D eigenvalue weighted by molar-refractivity contribution is 5.79. The van der Waals surface area contributed by atoms with Crippen LogP contribution in [0.3, 0.4) is 0 Å². The molecule has 0 aromatic heterocycles. The van der Waals surface area contributed by atoms with E-state index in [1.807, 2.05) is 13.0 Å². The molecule has 3 heteroatoms. The van der Waals surface area contributed by atoms with Crippen LogP contribution in [-0.4, -0.2) is 32.0 Å².